The van der Waals surface area contributed by atoms with Crippen molar-refractivity contribution in [3.63, 3.8) is 0 Å². The van der Waals surface area contributed by atoms with Crippen molar-refractivity contribution in [2.45, 2.75) is 25.3 Å². The molecule has 1 aliphatic rings. The molecule has 1 aliphatic heterocycles. The van der Waals surface area contributed by atoms with Crippen molar-refractivity contribution < 1.29 is 17.7 Å². The van der Waals surface area contributed by atoms with Crippen LogP contribution >= 0.6 is 0 Å². The highest BCUT2D eigenvalue weighted by atomic mass is 32.2. The SMILES string of the molecule is Cc1ccc(NS(=O)(=O)c2ccc(N3CCN(Cc4ccccc4F)CC3)c([N+](=O)[O-])c2)c(C)c1. The maximum atomic E-state index is 14.0. The average Bonchev–Trinajstić information content (AvgIpc) is 2.82. The number of anilines is 2. The summed E-state index contributed by atoms with van der Waals surface area (Å²) < 4.78 is 42.4. The lowest BCUT2D eigenvalue weighted by atomic mass is 10.1. The van der Waals surface area contributed by atoms with Gasteiger partial charge >= 0.3 is 0 Å². The summed E-state index contributed by atoms with van der Waals surface area (Å²) in [6.07, 6.45) is 0. The van der Waals surface area contributed by atoms with E-state index in [9.17, 15) is 22.9 Å². The molecule has 3 aromatic rings. The van der Waals surface area contributed by atoms with E-state index in [1.807, 2.05) is 17.9 Å². The van der Waals surface area contributed by atoms with Gasteiger partial charge in [0.2, 0.25) is 0 Å². The molecule has 0 atom stereocenters. The second-order valence-corrected chi connectivity index (χ2v) is 10.4. The van der Waals surface area contributed by atoms with Crippen LogP contribution in [0.5, 0.6) is 0 Å². The molecule has 0 saturated carbocycles. The predicted molar refractivity (Wildman–Crippen MR) is 134 cm³/mol. The van der Waals surface area contributed by atoms with Gasteiger partial charge in [0.1, 0.15) is 11.5 Å². The molecule has 0 bridgehead atoms. The van der Waals surface area contributed by atoms with Crippen LogP contribution in [0.2, 0.25) is 0 Å². The topological polar surface area (TPSA) is 95.8 Å². The summed E-state index contributed by atoms with van der Waals surface area (Å²) >= 11 is 0. The quantitative estimate of drug-likeness (QED) is 0.381. The fraction of sp³-hybridized carbons (Fsp3) is 0.280. The number of aryl methyl sites for hydroxylation is 2. The largest absolute Gasteiger partial charge is 0.363 e. The number of nitro groups is 1. The van der Waals surface area contributed by atoms with Gasteiger partial charge in [0, 0.05) is 44.4 Å². The van der Waals surface area contributed by atoms with E-state index in [0.29, 0.717) is 49.7 Å². The number of rotatable bonds is 7. The third-order valence-corrected chi connectivity index (χ3v) is 7.51. The molecule has 1 fully saturated rings. The summed E-state index contributed by atoms with van der Waals surface area (Å²) in [6.45, 7) is 6.36. The summed E-state index contributed by atoms with van der Waals surface area (Å²) in [5.74, 6) is -0.253. The molecule has 8 nitrogen and oxygen atoms in total. The summed E-state index contributed by atoms with van der Waals surface area (Å²) in [5, 5.41) is 11.8. The molecule has 0 unspecified atom stereocenters. The van der Waals surface area contributed by atoms with E-state index >= 15 is 0 Å². The second-order valence-electron chi connectivity index (χ2n) is 8.69. The lowest BCUT2D eigenvalue weighted by Gasteiger charge is -2.35. The molecule has 0 aliphatic carbocycles. The first-order valence-corrected chi connectivity index (χ1v) is 12.7. The number of nitrogens with zero attached hydrogens (tertiary/aromatic N) is 3. The molecule has 3 aromatic carbocycles. The Hall–Kier alpha value is -3.50. The van der Waals surface area contributed by atoms with E-state index in [4.69, 9.17) is 0 Å². The maximum Gasteiger partial charge on any atom is 0.293 e. The van der Waals surface area contributed by atoms with Crippen molar-refractivity contribution in [3.8, 4) is 0 Å². The first kappa shape index (κ1) is 24.6. The number of hydrogen-bond acceptors (Lipinski definition) is 6. The van der Waals surface area contributed by atoms with Crippen LogP contribution in [0.15, 0.2) is 65.6 Å². The van der Waals surface area contributed by atoms with Crippen LogP contribution in [0.3, 0.4) is 0 Å². The average molecular weight is 499 g/mol. The Balaban J connectivity index is 1.51. The lowest BCUT2D eigenvalue weighted by molar-refractivity contribution is -0.384. The highest BCUT2D eigenvalue weighted by Gasteiger charge is 2.27. The van der Waals surface area contributed by atoms with Gasteiger partial charge < -0.3 is 4.90 Å². The first-order chi connectivity index (χ1) is 16.6. The zero-order valence-corrected chi connectivity index (χ0v) is 20.4. The number of piperazine rings is 1. The molecule has 0 spiro atoms. The zero-order chi connectivity index (χ0) is 25.2. The minimum atomic E-state index is -4.02. The van der Waals surface area contributed by atoms with Crippen molar-refractivity contribution in [3.05, 3.63) is 93.3 Å². The predicted octanol–water partition coefficient (Wildman–Crippen LogP) is 4.47. The van der Waals surface area contributed by atoms with Crippen LogP contribution in [0.25, 0.3) is 0 Å². The maximum absolute atomic E-state index is 14.0. The van der Waals surface area contributed by atoms with E-state index in [0.717, 1.165) is 17.2 Å². The summed E-state index contributed by atoms with van der Waals surface area (Å²) in [4.78, 5) is 15.1. The van der Waals surface area contributed by atoms with Gasteiger partial charge in [-0.1, -0.05) is 35.9 Å². The lowest BCUT2D eigenvalue weighted by Crippen LogP contribution is -2.46. The molecule has 184 valence electrons. The zero-order valence-electron chi connectivity index (χ0n) is 19.6. The third kappa shape index (κ3) is 5.60. The van der Waals surface area contributed by atoms with E-state index in [-0.39, 0.29) is 16.4 Å². The van der Waals surface area contributed by atoms with Crippen LogP contribution in [0, 0.1) is 29.8 Å². The van der Waals surface area contributed by atoms with Gasteiger partial charge in [-0.15, -0.1) is 0 Å². The minimum Gasteiger partial charge on any atom is -0.363 e. The third-order valence-electron chi connectivity index (χ3n) is 6.14. The number of halogens is 1. The Labute approximate surface area is 204 Å². The van der Waals surface area contributed by atoms with Crippen LogP contribution < -0.4 is 9.62 Å². The summed E-state index contributed by atoms with van der Waals surface area (Å²) in [5.41, 5.74) is 2.89. The standard InChI is InChI=1S/C25H27FN4O4S/c1-18-7-9-23(19(2)15-18)27-35(33,34)21-8-10-24(25(16-21)30(31)32)29-13-11-28(12-14-29)17-20-5-3-4-6-22(20)26/h3-10,15-16,27H,11-14,17H2,1-2H3. The molecule has 0 aromatic heterocycles. The van der Waals surface area contributed by atoms with E-state index in [2.05, 4.69) is 9.62 Å². The highest BCUT2D eigenvalue weighted by molar-refractivity contribution is 7.92. The number of hydrogen-bond donors (Lipinski definition) is 1. The molecule has 35 heavy (non-hydrogen) atoms. The fourth-order valence-corrected chi connectivity index (χ4v) is 5.38. The van der Waals surface area contributed by atoms with Gasteiger partial charge in [0.15, 0.2) is 0 Å². The van der Waals surface area contributed by atoms with E-state index in [1.165, 1.54) is 18.2 Å². The Bertz CT molecular complexity index is 1360. The number of sulfonamides is 1. The Kier molecular flexibility index (Phi) is 7.04. The van der Waals surface area contributed by atoms with Gasteiger partial charge in [0.25, 0.3) is 15.7 Å². The monoisotopic (exact) mass is 498 g/mol. The number of benzene rings is 3. The number of nitrogens with one attached hydrogen (secondary N) is 1. The molecular weight excluding hydrogens is 471 g/mol. The van der Waals surface area contributed by atoms with Crippen molar-refractivity contribution in [1.82, 2.24) is 4.90 Å². The van der Waals surface area contributed by atoms with E-state index < -0.39 is 14.9 Å². The van der Waals surface area contributed by atoms with Gasteiger partial charge in [-0.25, -0.2) is 12.8 Å². The van der Waals surface area contributed by atoms with Crippen molar-refractivity contribution >= 4 is 27.1 Å². The normalized spacial score (nSPS) is 14.7. The Morgan fingerprint density at radius 1 is 1.00 bits per heavy atom. The molecule has 10 heteroatoms. The summed E-state index contributed by atoms with van der Waals surface area (Å²) in [7, 11) is -4.02. The van der Waals surface area contributed by atoms with Crippen LogP contribution in [0.1, 0.15) is 16.7 Å². The van der Waals surface area contributed by atoms with Gasteiger partial charge in [-0.2, -0.15) is 0 Å². The van der Waals surface area contributed by atoms with Gasteiger partial charge in [0.05, 0.1) is 15.5 Å². The Morgan fingerprint density at radius 3 is 2.37 bits per heavy atom. The van der Waals surface area contributed by atoms with Crippen LogP contribution in [-0.2, 0) is 16.6 Å². The summed E-state index contributed by atoms with van der Waals surface area (Å²) in [6, 6.07) is 15.9. The second kappa shape index (κ2) is 10.0. The molecule has 0 amide bonds. The smallest absolute Gasteiger partial charge is 0.293 e. The molecule has 4 rings (SSSR count). The Morgan fingerprint density at radius 2 is 1.71 bits per heavy atom. The van der Waals surface area contributed by atoms with Gasteiger partial charge in [-0.3, -0.25) is 19.7 Å². The van der Waals surface area contributed by atoms with Gasteiger partial charge in [-0.05, 0) is 43.7 Å². The molecule has 1 N–H and O–H groups in total. The van der Waals surface area contributed by atoms with Crippen molar-refractivity contribution in [2.24, 2.45) is 0 Å². The highest BCUT2D eigenvalue weighted by Crippen LogP contribution is 2.32. The molecular formula is C25H27FN4O4S. The number of nitro benzene ring substituents is 1. The molecule has 1 saturated heterocycles. The first-order valence-electron chi connectivity index (χ1n) is 11.2. The molecule has 0 radical (unpaired) electrons. The minimum absolute atomic E-state index is 0.175. The molecule has 1 heterocycles. The van der Waals surface area contributed by atoms with E-state index in [1.54, 1.807) is 37.3 Å². The van der Waals surface area contributed by atoms with Crippen LogP contribution in [-0.4, -0.2) is 44.4 Å². The van der Waals surface area contributed by atoms with Crippen molar-refractivity contribution in [2.75, 3.05) is 35.8 Å². The van der Waals surface area contributed by atoms with Crippen LogP contribution in [0.4, 0.5) is 21.5 Å². The fourth-order valence-electron chi connectivity index (χ4n) is 4.23. The van der Waals surface area contributed by atoms with Crippen molar-refractivity contribution in [1.29, 1.82) is 0 Å².